The van der Waals surface area contributed by atoms with Crippen LogP contribution in [0.1, 0.15) is 32.3 Å². The van der Waals surface area contributed by atoms with Crippen molar-refractivity contribution in [2.45, 2.75) is 26.7 Å². The first-order valence-electron chi connectivity index (χ1n) is 4.33. The topological polar surface area (TPSA) is 42.0 Å². The van der Waals surface area contributed by atoms with Crippen molar-refractivity contribution >= 4 is 11.7 Å². The van der Waals surface area contributed by atoms with Crippen LogP contribution in [-0.4, -0.2) is 10.9 Å². The number of aromatic nitrogens is 1. The van der Waals surface area contributed by atoms with Crippen molar-refractivity contribution in [3.05, 3.63) is 23.9 Å². The van der Waals surface area contributed by atoms with Crippen molar-refractivity contribution in [1.82, 2.24) is 4.98 Å². The maximum Gasteiger partial charge on any atom is 0.222 e. The lowest BCUT2D eigenvalue weighted by Gasteiger charge is -2.05. The highest BCUT2D eigenvalue weighted by Gasteiger charge is 2.00. The van der Waals surface area contributed by atoms with Gasteiger partial charge in [0.2, 0.25) is 5.91 Å². The summed E-state index contributed by atoms with van der Waals surface area (Å²) in [5.74, 6) is 0.987. The Kier molecular flexibility index (Phi) is 3.01. The van der Waals surface area contributed by atoms with Crippen LogP contribution >= 0.6 is 0 Å². The smallest absolute Gasteiger partial charge is 0.222 e. The van der Waals surface area contributed by atoms with Gasteiger partial charge in [-0.2, -0.15) is 0 Å². The minimum atomic E-state index is -0.0928. The van der Waals surface area contributed by atoms with Gasteiger partial charge in [0, 0.05) is 13.1 Å². The zero-order valence-corrected chi connectivity index (χ0v) is 8.16. The predicted octanol–water partition coefficient (Wildman–Crippen LogP) is 2.16. The van der Waals surface area contributed by atoms with Gasteiger partial charge in [-0.1, -0.05) is 19.9 Å². The van der Waals surface area contributed by atoms with Crippen LogP contribution < -0.4 is 5.32 Å². The fourth-order valence-corrected chi connectivity index (χ4v) is 1.00. The van der Waals surface area contributed by atoms with Crippen LogP contribution in [0.2, 0.25) is 0 Å². The van der Waals surface area contributed by atoms with Gasteiger partial charge in [-0.05, 0) is 17.5 Å². The highest BCUT2D eigenvalue weighted by molar-refractivity contribution is 5.87. The van der Waals surface area contributed by atoms with E-state index in [4.69, 9.17) is 0 Å². The van der Waals surface area contributed by atoms with Crippen molar-refractivity contribution in [2.75, 3.05) is 5.32 Å². The highest BCUT2D eigenvalue weighted by Crippen LogP contribution is 2.14. The summed E-state index contributed by atoms with van der Waals surface area (Å²) < 4.78 is 0. The molecule has 1 aromatic rings. The minimum absolute atomic E-state index is 0.0928. The zero-order chi connectivity index (χ0) is 9.84. The number of rotatable bonds is 2. The first-order chi connectivity index (χ1) is 6.09. The number of hydrogen-bond donors (Lipinski definition) is 1. The Morgan fingerprint density at radius 3 is 2.54 bits per heavy atom. The summed E-state index contributed by atoms with van der Waals surface area (Å²) in [6.07, 6.45) is 1.79. The molecule has 0 unspecified atom stereocenters. The molecule has 0 aromatic carbocycles. The first-order valence-corrected chi connectivity index (χ1v) is 4.33. The molecule has 0 radical (unpaired) electrons. The second-order valence-electron chi connectivity index (χ2n) is 3.31. The first kappa shape index (κ1) is 9.71. The molecular formula is C10H14N2O. The number of amides is 1. The van der Waals surface area contributed by atoms with Gasteiger partial charge in [0.25, 0.3) is 0 Å². The van der Waals surface area contributed by atoms with Gasteiger partial charge in [0.1, 0.15) is 5.82 Å². The summed E-state index contributed by atoms with van der Waals surface area (Å²) >= 11 is 0. The SMILES string of the molecule is CC(=O)Nc1ccc(C(C)C)cn1. The largest absolute Gasteiger partial charge is 0.311 e. The molecule has 3 heteroatoms. The fourth-order valence-electron chi connectivity index (χ4n) is 1.00. The summed E-state index contributed by atoms with van der Waals surface area (Å²) in [5.41, 5.74) is 1.18. The van der Waals surface area contributed by atoms with E-state index in [0.29, 0.717) is 11.7 Å². The molecule has 1 aromatic heterocycles. The minimum Gasteiger partial charge on any atom is -0.311 e. The van der Waals surface area contributed by atoms with Crippen LogP contribution in [0.5, 0.6) is 0 Å². The molecule has 1 heterocycles. The molecule has 1 amide bonds. The molecule has 0 bridgehead atoms. The van der Waals surface area contributed by atoms with E-state index in [1.165, 1.54) is 12.5 Å². The molecule has 0 aliphatic carbocycles. The Bertz CT molecular complexity index is 290. The lowest BCUT2D eigenvalue weighted by Crippen LogP contribution is -2.07. The van der Waals surface area contributed by atoms with E-state index in [9.17, 15) is 4.79 Å². The summed E-state index contributed by atoms with van der Waals surface area (Å²) in [5, 5.41) is 2.62. The molecule has 0 spiro atoms. The standard InChI is InChI=1S/C10H14N2O/c1-7(2)9-4-5-10(11-6-9)12-8(3)13/h4-7H,1-3H3,(H,11,12,13). The monoisotopic (exact) mass is 178 g/mol. The zero-order valence-electron chi connectivity index (χ0n) is 8.16. The van der Waals surface area contributed by atoms with E-state index in [-0.39, 0.29) is 5.91 Å². The molecule has 0 saturated heterocycles. The number of nitrogens with zero attached hydrogens (tertiary/aromatic N) is 1. The Balaban J connectivity index is 2.75. The Labute approximate surface area is 78.2 Å². The molecule has 0 saturated carbocycles. The molecule has 0 atom stereocenters. The third-order valence-electron chi connectivity index (χ3n) is 1.76. The summed E-state index contributed by atoms with van der Waals surface area (Å²) in [7, 11) is 0. The Morgan fingerprint density at radius 2 is 2.15 bits per heavy atom. The van der Waals surface area contributed by atoms with Gasteiger partial charge in [0.05, 0.1) is 0 Å². The van der Waals surface area contributed by atoms with E-state index in [1.54, 1.807) is 6.20 Å². The van der Waals surface area contributed by atoms with Crippen LogP contribution in [0.3, 0.4) is 0 Å². The van der Waals surface area contributed by atoms with E-state index in [2.05, 4.69) is 24.1 Å². The van der Waals surface area contributed by atoms with Crippen LogP contribution in [0, 0.1) is 0 Å². The molecular weight excluding hydrogens is 164 g/mol. The maximum atomic E-state index is 10.7. The summed E-state index contributed by atoms with van der Waals surface area (Å²) in [6.45, 7) is 5.68. The molecule has 3 nitrogen and oxygen atoms in total. The average Bonchev–Trinajstić information content (AvgIpc) is 2.04. The third-order valence-corrected chi connectivity index (χ3v) is 1.76. The second kappa shape index (κ2) is 4.03. The van der Waals surface area contributed by atoms with Gasteiger partial charge in [-0.25, -0.2) is 4.98 Å². The highest BCUT2D eigenvalue weighted by atomic mass is 16.1. The lowest BCUT2D eigenvalue weighted by molar-refractivity contribution is -0.114. The predicted molar refractivity (Wildman–Crippen MR) is 52.6 cm³/mol. The number of pyridine rings is 1. The van der Waals surface area contributed by atoms with Crippen molar-refractivity contribution in [1.29, 1.82) is 0 Å². The van der Waals surface area contributed by atoms with Gasteiger partial charge >= 0.3 is 0 Å². The molecule has 70 valence electrons. The average molecular weight is 178 g/mol. The second-order valence-corrected chi connectivity index (χ2v) is 3.31. The molecule has 13 heavy (non-hydrogen) atoms. The van der Waals surface area contributed by atoms with Crippen LogP contribution in [0.25, 0.3) is 0 Å². The quantitative estimate of drug-likeness (QED) is 0.754. The normalized spacial score (nSPS) is 10.2. The van der Waals surface area contributed by atoms with Crippen LogP contribution in [-0.2, 0) is 4.79 Å². The van der Waals surface area contributed by atoms with E-state index >= 15 is 0 Å². The molecule has 0 fully saturated rings. The van der Waals surface area contributed by atoms with Crippen LogP contribution in [0.15, 0.2) is 18.3 Å². The third kappa shape index (κ3) is 2.86. The van der Waals surface area contributed by atoms with Gasteiger partial charge < -0.3 is 5.32 Å². The maximum absolute atomic E-state index is 10.7. The van der Waals surface area contributed by atoms with Crippen molar-refractivity contribution in [2.24, 2.45) is 0 Å². The van der Waals surface area contributed by atoms with Gasteiger partial charge in [-0.3, -0.25) is 4.79 Å². The van der Waals surface area contributed by atoms with Crippen molar-refractivity contribution in [3.63, 3.8) is 0 Å². The van der Waals surface area contributed by atoms with Gasteiger partial charge in [-0.15, -0.1) is 0 Å². The number of carbonyl (C=O) groups excluding carboxylic acids is 1. The van der Waals surface area contributed by atoms with Crippen molar-refractivity contribution < 1.29 is 4.79 Å². The van der Waals surface area contributed by atoms with E-state index in [1.807, 2.05) is 12.1 Å². The molecule has 0 aliphatic rings. The fraction of sp³-hybridized carbons (Fsp3) is 0.400. The Morgan fingerprint density at radius 1 is 1.46 bits per heavy atom. The summed E-state index contributed by atoms with van der Waals surface area (Å²) in [4.78, 5) is 14.8. The van der Waals surface area contributed by atoms with Gasteiger partial charge in [0.15, 0.2) is 0 Å². The lowest BCUT2D eigenvalue weighted by atomic mass is 10.1. The number of carbonyl (C=O) groups is 1. The Hall–Kier alpha value is -1.38. The number of nitrogens with one attached hydrogen (secondary N) is 1. The van der Waals surface area contributed by atoms with E-state index < -0.39 is 0 Å². The van der Waals surface area contributed by atoms with Crippen LogP contribution in [0.4, 0.5) is 5.82 Å². The summed E-state index contributed by atoms with van der Waals surface area (Å²) in [6, 6.07) is 3.79. The number of anilines is 1. The molecule has 1 rings (SSSR count). The number of hydrogen-bond acceptors (Lipinski definition) is 2. The van der Waals surface area contributed by atoms with E-state index in [0.717, 1.165) is 0 Å². The molecule has 0 aliphatic heterocycles. The molecule has 1 N–H and O–H groups in total. The van der Waals surface area contributed by atoms with Crippen molar-refractivity contribution in [3.8, 4) is 0 Å².